The van der Waals surface area contributed by atoms with Crippen LogP contribution >= 0.6 is 0 Å². The van der Waals surface area contributed by atoms with Crippen LogP contribution in [0.25, 0.3) is 0 Å². The smallest absolute Gasteiger partial charge is 0.297 e. The van der Waals surface area contributed by atoms with E-state index in [1.165, 1.54) is 62.6 Å². The van der Waals surface area contributed by atoms with Gasteiger partial charge in [0.25, 0.3) is 10.1 Å². The molecule has 52 heavy (non-hydrogen) atoms. The van der Waals surface area contributed by atoms with E-state index in [9.17, 15) is 8.42 Å². The van der Waals surface area contributed by atoms with Gasteiger partial charge < -0.3 is 42.6 Å². The number of rotatable bonds is 38. The highest BCUT2D eigenvalue weighted by Gasteiger charge is 2.13. The molecule has 2 rings (SSSR count). The number of hydrogen-bond acceptors (Lipinski definition) is 12. The number of benzene rings is 2. The van der Waals surface area contributed by atoms with Crippen LogP contribution in [0.1, 0.15) is 57.4 Å². The van der Waals surface area contributed by atoms with Crippen molar-refractivity contribution >= 4 is 10.1 Å². The molecular weight excluding hydrogens is 692 g/mol. The Hall–Kier alpha value is -2.17. The van der Waals surface area contributed by atoms with Crippen LogP contribution in [0.4, 0.5) is 0 Å². The minimum atomic E-state index is -3.76. The Morgan fingerprint density at radius 2 is 0.808 bits per heavy atom. The summed E-state index contributed by atoms with van der Waals surface area (Å²) >= 11 is 0. The van der Waals surface area contributed by atoms with Gasteiger partial charge in [-0.2, -0.15) is 8.42 Å². The van der Waals surface area contributed by atoms with Crippen LogP contribution < -0.4 is 4.74 Å². The van der Waals surface area contributed by atoms with Gasteiger partial charge in [0.2, 0.25) is 0 Å². The highest BCUT2D eigenvalue weighted by atomic mass is 32.2. The van der Waals surface area contributed by atoms with Crippen molar-refractivity contribution in [2.45, 2.75) is 63.2 Å². The summed E-state index contributed by atoms with van der Waals surface area (Å²) in [6.07, 6.45) is 10.5. The third kappa shape index (κ3) is 26.6. The number of ether oxygens (including phenoxy) is 9. The molecule has 0 N–H and O–H groups in total. The summed E-state index contributed by atoms with van der Waals surface area (Å²) in [5, 5.41) is 0. The van der Waals surface area contributed by atoms with Gasteiger partial charge in [-0.15, -0.1) is 0 Å². The van der Waals surface area contributed by atoms with Crippen molar-refractivity contribution in [1.82, 2.24) is 0 Å². The fourth-order valence-corrected chi connectivity index (χ4v) is 5.67. The van der Waals surface area contributed by atoms with E-state index in [0.29, 0.717) is 106 Å². The Bertz CT molecular complexity index is 1150. The molecular formula is C39H64O12S. The normalized spacial score (nSPS) is 11.7. The largest absolute Gasteiger partial charge is 0.491 e. The number of hydrogen-bond donors (Lipinski definition) is 0. The van der Waals surface area contributed by atoms with E-state index in [0.717, 1.165) is 12.2 Å². The van der Waals surface area contributed by atoms with Gasteiger partial charge >= 0.3 is 0 Å². The molecule has 0 amide bonds. The first-order valence-electron chi connectivity index (χ1n) is 18.9. The first kappa shape index (κ1) is 46.0. The Kier molecular flexibility index (Phi) is 29.5. The second-order valence-electron chi connectivity index (χ2n) is 11.9. The zero-order chi connectivity index (χ0) is 37.1. The first-order valence-corrected chi connectivity index (χ1v) is 20.3. The molecule has 0 radical (unpaired) electrons. The summed E-state index contributed by atoms with van der Waals surface area (Å²) < 4.78 is 78.5. The van der Waals surface area contributed by atoms with Crippen LogP contribution in [0, 0.1) is 0 Å². The Labute approximate surface area is 312 Å². The molecule has 0 aliphatic heterocycles. The molecule has 2 aromatic rings. The van der Waals surface area contributed by atoms with Gasteiger partial charge in [-0.1, -0.05) is 75.8 Å². The molecule has 0 heterocycles. The lowest BCUT2D eigenvalue weighted by atomic mass is 10.0. The zero-order valence-electron chi connectivity index (χ0n) is 31.4. The van der Waals surface area contributed by atoms with Crippen molar-refractivity contribution in [3.63, 3.8) is 0 Å². The third-order valence-corrected chi connectivity index (χ3v) is 8.92. The van der Waals surface area contributed by atoms with Gasteiger partial charge in [0.05, 0.1) is 117 Å². The number of unbranched alkanes of at least 4 members (excludes halogenated alkanes) is 6. The molecule has 0 bridgehead atoms. The van der Waals surface area contributed by atoms with Crippen LogP contribution in [-0.2, 0) is 58.6 Å². The molecule has 0 aliphatic carbocycles. The van der Waals surface area contributed by atoms with Crippen molar-refractivity contribution in [1.29, 1.82) is 0 Å². The average molecular weight is 757 g/mol. The maximum atomic E-state index is 12.0. The molecule has 2 aromatic carbocycles. The minimum absolute atomic E-state index is 0.0563. The van der Waals surface area contributed by atoms with Gasteiger partial charge in [-0.25, -0.2) is 0 Å². The molecule has 0 aromatic heterocycles. The zero-order valence-corrected chi connectivity index (χ0v) is 32.2. The Morgan fingerprint density at radius 3 is 1.25 bits per heavy atom. The lowest BCUT2D eigenvalue weighted by molar-refractivity contribution is -0.0240. The fraction of sp³-hybridized carbons (Fsp3) is 0.692. The van der Waals surface area contributed by atoms with Gasteiger partial charge in [0, 0.05) is 0 Å². The second-order valence-corrected chi connectivity index (χ2v) is 13.5. The summed E-state index contributed by atoms with van der Waals surface area (Å²) in [6.45, 7) is 9.88. The molecule has 298 valence electrons. The maximum Gasteiger partial charge on any atom is 0.297 e. The van der Waals surface area contributed by atoms with Crippen LogP contribution in [0.2, 0.25) is 0 Å². The topological polar surface area (TPSA) is 126 Å². The summed E-state index contributed by atoms with van der Waals surface area (Å²) in [5.74, 6) is 0.879. The van der Waals surface area contributed by atoms with E-state index in [1.807, 2.05) is 12.1 Å². The lowest BCUT2D eigenvalue weighted by Gasteiger charge is -2.09. The van der Waals surface area contributed by atoms with Crippen LogP contribution in [0.3, 0.4) is 0 Å². The van der Waals surface area contributed by atoms with E-state index in [2.05, 4.69) is 19.1 Å². The second kappa shape index (κ2) is 33.4. The van der Waals surface area contributed by atoms with Crippen LogP contribution in [0.15, 0.2) is 59.5 Å². The minimum Gasteiger partial charge on any atom is -0.491 e. The molecule has 0 aliphatic rings. The maximum absolute atomic E-state index is 12.0. The van der Waals surface area contributed by atoms with Crippen LogP contribution in [-0.4, -0.2) is 127 Å². The van der Waals surface area contributed by atoms with Crippen molar-refractivity contribution in [3.05, 3.63) is 60.2 Å². The molecule has 0 fully saturated rings. The Balaban J connectivity index is 1.21. The van der Waals surface area contributed by atoms with Gasteiger partial charge in [0.15, 0.2) is 0 Å². The van der Waals surface area contributed by atoms with Gasteiger partial charge in [-0.3, -0.25) is 4.18 Å². The van der Waals surface area contributed by atoms with Crippen molar-refractivity contribution in [2.75, 3.05) is 119 Å². The van der Waals surface area contributed by atoms with Crippen molar-refractivity contribution < 1.29 is 55.2 Å². The van der Waals surface area contributed by atoms with E-state index >= 15 is 0 Å². The quantitative estimate of drug-likeness (QED) is 0.0599. The monoisotopic (exact) mass is 756 g/mol. The summed E-state index contributed by atoms with van der Waals surface area (Å²) in [6, 6.07) is 16.4. The van der Waals surface area contributed by atoms with Crippen molar-refractivity contribution in [2.24, 2.45) is 0 Å². The number of aryl methyl sites for hydroxylation is 1. The predicted molar refractivity (Wildman–Crippen MR) is 200 cm³/mol. The van der Waals surface area contributed by atoms with Crippen molar-refractivity contribution in [3.8, 4) is 5.75 Å². The Morgan fingerprint density at radius 1 is 0.423 bits per heavy atom. The van der Waals surface area contributed by atoms with E-state index < -0.39 is 10.1 Å². The molecule has 12 nitrogen and oxygen atoms in total. The van der Waals surface area contributed by atoms with E-state index in [-0.39, 0.29) is 18.1 Å². The molecule has 0 spiro atoms. The molecule has 0 saturated heterocycles. The van der Waals surface area contributed by atoms with Crippen LogP contribution in [0.5, 0.6) is 5.75 Å². The predicted octanol–water partition coefficient (Wildman–Crippen LogP) is 5.90. The summed E-state index contributed by atoms with van der Waals surface area (Å²) in [7, 11) is -3.76. The molecule has 0 atom stereocenters. The van der Waals surface area contributed by atoms with E-state index in [4.69, 9.17) is 46.8 Å². The fourth-order valence-electron chi connectivity index (χ4n) is 4.76. The standard InChI is InChI=1S/C39H64O12S/c1-2-3-4-5-6-7-9-12-37-15-17-38(18-16-37)50-35-33-48-31-29-46-27-25-44-23-21-42-19-20-43-22-24-45-26-28-47-30-32-49-34-36-51-52(40,41)39-13-10-8-11-14-39/h8,10-11,13-18H,2-7,9,12,19-36H2,1H3. The summed E-state index contributed by atoms with van der Waals surface area (Å²) in [5.41, 5.74) is 1.37. The molecule has 0 unspecified atom stereocenters. The lowest BCUT2D eigenvalue weighted by Crippen LogP contribution is -2.15. The average Bonchev–Trinajstić information content (AvgIpc) is 3.16. The van der Waals surface area contributed by atoms with Gasteiger partial charge in [-0.05, 0) is 42.7 Å². The summed E-state index contributed by atoms with van der Waals surface area (Å²) in [4.78, 5) is 0.123. The molecule has 13 heteroatoms. The van der Waals surface area contributed by atoms with E-state index in [1.54, 1.807) is 18.2 Å². The SMILES string of the molecule is CCCCCCCCCc1ccc(OCCOCCOCCOCCOCCOCCOCCOCCOCCOS(=O)(=O)c2ccccc2)cc1. The highest BCUT2D eigenvalue weighted by molar-refractivity contribution is 7.86. The van der Waals surface area contributed by atoms with Gasteiger partial charge in [0.1, 0.15) is 12.4 Å². The third-order valence-electron chi connectivity index (χ3n) is 7.59. The highest BCUT2D eigenvalue weighted by Crippen LogP contribution is 2.15. The molecule has 0 saturated carbocycles. The first-order chi connectivity index (χ1) is 25.6.